The van der Waals surface area contributed by atoms with Gasteiger partial charge in [-0.1, -0.05) is 6.92 Å². The maximum Gasteiger partial charge on any atom is 0.238 e. The third kappa shape index (κ3) is 6.93. The van der Waals surface area contributed by atoms with Crippen LogP contribution in [0, 0.1) is 17.5 Å². The lowest BCUT2D eigenvalue weighted by Gasteiger charge is -2.29. The lowest BCUT2D eigenvalue weighted by molar-refractivity contribution is -0.120. The summed E-state index contributed by atoms with van der Waals surface area (Å²) in [5.74, 6) is -5.42. The van der Waals surface area contributed by atoms with E-state index in [0.29, 0.717) is 31.9 Å². The van der Waals surface area contributed by atoms with Gasteiger partial charge < -0.3 is 20.3 Å². The number of anilines is 3. The second-order valence-electron chi connectivity index (χ2n) is 7.68. The standard InChI is InChI=1S/C23H27F3N4O3/c1-2-9-29(15-21(32)28-19-8-7-18(24)22(25)23(19)26)14-20(31)27-16-3-5-17(6-4-16)30-10-12-33-13-11-30/h3-8H,2,9-15H2,1H3,(H,27,31)(H,28,32). The molecular formula is C23H27F3N4O3. The Balaban J connectivity index is 1.53. The van der Waals surface area contributed by atoms with Gasteiger partial charge in [0.25, 0.3) is 0 Å². The molecule has 0 atom stereocenters. The Morgan fingerprint density at radius 2 is 1.58 bits per heavy atom. The minimum absolute atomic E-state index is 0.0628. The van der Waals surface area contributed by atoms with Gasteiger partial charge in [0, 0.05) is 24.5 Å². The maximum absolute atomic E-state index is 13.8. The van der Waals surface area contributed by atoms with E-state index in [1.807, 2.05) is 31.2 Å². The first kappa shape index (κ1) is 24.5. The van der Waals surface area contributed by atoms with Crippen LogP contribution in [0.15, 0.2) is 36.4 Å². The van der Waals surface area contributed by atoms with Gasteiger partial charge in [-0.2, -0.15) is 0 Å². The number of carbonyl (C=O) groups is 2. The predicted molar refractivity (Wildman–Crippen MR) is 120 cm³/mol. The number of carbonyl (C=O) groups excluding carboxylic acids is 2. The summed E-state index contributed by atoms with van der Waals surface area (Å²) in [4.78, 5) is 28.6. The van der Waals surface area contributed by atoms with Crippen LogP contribution in [0.1, 0.15) is 13.3 Å². The zero-order valence-electron chi connectivity index (χ0n) is 18.4. The van der Waals surface area contributed by atoms with Gasteiger partial charge in [-0.3, -0.25) is 14.5 Å². The van der Waals surface area contributed by atoms with Crippen LogP contribution in [0.25, 0.3) is 0 Å². The van der Waals surface area contributed by atoms with Crippen molar-refractivity contribution in [2.45, 2.75) is 13.3 Å². The Bertz CT molecular complexity index is 966. The van der Waals surface area contributed by atoms with E-state index in [4.69, 9.17) is 4.74 Å². The SMILES string of the molecule is CCCN(CC(=O)Nc1ccc(N2CCOCC2)cc1)CC(=O)Nc1ccc(F)c(F)c1F. The fraction of sp³-hybridized carbons (Fsp3) is 0.391. The van der Waals surface area contributed by atoms with Crippen molar-refractivity contribution in [3.05, 3.63) is 53.8 Å². The molecule has 3 rings (SSSR count). The molecule has 1 aliphatic heterocycles. The van der Waals surface area contributed by atoms with Gasteiger partial charge in [0.05, 0.1) is 32.0 Å². The van der Waals surface area contributed by atoms with Crippen LogP contribution < -0.4 is 15.5 Å². The minimum Gasteiger partial charge on any atom is -0.378 e. The molecule has 1 heterocycles. The van der Waals surface area contributed by atoms with Crippen molar-refractivity contribution in [3.8, 4) is 0 Å². The Labute approximate surface area is 190 Å². The largest absolute Gasteiger partial charge is 0.378 e. The molecule has 0 radical (unpaired) electrons. The number of benzene rings is 2. The van der Waals surface area contributed by atoms with Crippen molar-refractivity contribution in [1.82, 2.24) is 4.90 Å². The topological polar surface area (TPSA) is 73.9 Å². The Morgan fingerprint density at radius 3 is 2.21 bits per heavy atom. The first-order valence-electron chi connectivity index (χ1n) is 10.8. The Morgan fingerprint density at radius 1 is 0.939 bits per heavy atom. The van der Waals surface area contributed by atoms with Crippen molar-refractivity contribution >= 4 is 28.9 Å². The fourth-order valence-electron chi connectivity index (χ4n) is 3.53. The van der Waals surface area contributed by atoms with Crippen molar-refractivity contribution in [2.24, 2.45) is 0 Å². The summed E-state index contributed by atoms with van der Waals surface area (Å²) in [7, 11) is 0. The fourth-order valence-corrected chi connectivity index (χ4v) is 3.53. The van der Waals surface area contributed by atoms with E-state index in [9.17, 15) is 22.8 Å². The highest BCUT2D eigenvalue weighted by atomic mass is 19.2. The number of nitrogens with zero attached hydrogens (tertiary/aromatic N) is 2. The number of hydrogen-bond acceptors (Lipinski definition) is 5. The molecule has 33 heavy (non-hydrogen) atoms. The first-order chi connectivity index (χ1) is 15.9. The molecule has 178 valence electrons. The summed E-state index contributed by atoms with van der Waals surface area (Å²) in [6.45, 7) is 5.05. The molecule has 10 heteroatoms. The van der Waals surface area contributed by atoms with Crippen LogP contribution >= 0.6 is 0 Å². The number of ether oxygens (including phenoxy) is 1. The van der Waals surface area contributed by atoms with Crippen LogP contribution in [-0.2, 0) is 14.3 Å². The molecule has 1 fully saturated rings. The van der Waals surface area contributed by atoms with E-state index in [0.717, 1.165) is 30.9 Å². The summed E-state index contributed by atoms with van der Waals surface area (Å²) in [6, 6.07) is 9.15. The quantitative estimate of drug-likeness (QED) is 0.558. The number of hydrogen-bond donors (Lipinski definition) is 2. The van der Waals surface area contributed by atoms with Gasteiger partial charge in [-0.15, -0.1) is 0 Å². The van der Waals surface area contributed by atoms with Gasteiger partial charge in [-0.25, -0.2) is 13.2 Å². The number of amides is 2. The predicted octanol–water partition coefficient (Wildman–Crippen LogP) is 3.23. The van der Waals surface area contributed by atoms with Gasteiger partial charge >= 0.3 is 0 Å². The van der Waals surface area contributed by atoms with Gasteiger partial charge in [0.15, 0.2) is 17.5 Å². The van der Waals surface area contributed by atoms with E-state index >= 15 is 0 Å². The van der Waals surface area contributed by atoms with Crippen LogP contribution in [0.2, 0.25) is 0 Å². The third-order valence-corrected chi connectivity index (χ3v) is 5.11. The average Bonchev–Trinajstić information content (AvgIpc) is 2.80. The molecular weight excluding hydrogens is 437 g/mol. The van der Waals surface area contributed by atoms with Gasteiger partial charge in [0.2, 0.25) is 11.8 Å². The number of morpholine rings is 1. The molecule has 0 unspecified atom stereocenters. The molecule has 1 saturated heterocycles. The molecule has 0 saturated carbocycles. The van der Waals surface area contributed by atoms with Crippen molar-refractivity contribution in [2.75, 3.05) is 61.5 Å². The molecule has 2 N–H and O–H groups in total. The second kappa shape index (κ2) is 11.7. The summed E-state index contributed by atoms with van der Waals surface area (Å²) in [6.07, 6.45) is 0.675. The zero-order valence-corrected chi connectivity index (χ0v) is 18.4. The number of nitrogens with one attached hydrogen (secondary N) is 2. The van der Waals surface area contributed by atoms with Gasteiger partial charge in [0.1, 0.15) is 0 Å². The number of halogens is 3. The van der Waals surface area contributed by atoms with Crippen molar-refractivity contribution in [1.29, 1.82) is 0 Å². The van der Waals surface area contributed by atoms with E-state index in [1.54, 1.807) is 4.90 Å². The Hall–Kier alpha value is -3.11. The molecule has 0 aromatic heterocycles. The highest BCUT2D eigenvalue weighted by molar-refractivity contribution is 5.94. The van der Waals surface area contributed by atoms with E-state index in [-0.39, 0.29) is 19.0 Å². The normalized spacial score (nSPS) is 13.8. The monoisotopic (exact) mass is 464 g/mol. The first-order valence-corrected chi connectivity index (χ1v) is 10.8. The lowest BCUT2D eigenvalue weighted by atomic mass is 10.2. The molecule has 0 spiro atoms. The molecule has 1 aliphatic rings. The lowest BCUT2D eigenvalue weighted by Crippen LogP contribution is -2.39. The maximum atomic E-state index is 13.8. The average molecular weight is 464 g/mol. The Kier molecular flexibility index (Phi) is 8.67. The summed E-state index contributed by atoms with van der Waals surface area (Å²) in [5, 5.41) is 5.02. The number of rotatable bonds is 9. The summed E-state index contributed by atoms with van der Waals surface area (Å²) < 4.78 is 45.6. The van der Waals surface area contributed by atoms with Crippen molar-refractivity contribution in [3.63, 3.8) is 0 Å². The van der Waals surface area contributed by atoms with Gasteiger partial charge in [-0.05, 0) is 49.4 Å². The zero-order chi connectivity index (χ0) is 23.8. The molecule has 0 aliphatic carbocycles. The molecule has 7 nitrogen and oxygen atoms in total. The van der Waals surface area contributed by atoms with Crippen LogP contribution in [-0.4, -0.2) is 62.7 Å². The van der Waals surface area contributed by atoms with Crippen LogP contribution in [0.5, 0.6) is 0 Å². The minimum atomic E-state index is -1.66. The van der Waals surface area contributed by atoms with E-state index in [1.165, 1.54) is 0 Å². The molecule has 2 aromatic rings. The molecule has 2 amide bonds. The molecule has 2 aromatic carbocycles. The van der Waals surface area contributed by atoms with Crippen molar-refractivity contribution < 1.29 is 27.5 Å². The summed E-state index contributed by atoms with van der Waals surface area (Å²) in [5.41, 5.74) is 1.21. The third-order valence-electron chi connectivity index (χ3n) is 5.11. The van der Waals surface area contributed by atoms with Crippen LogP contribution in [0.3, 0.4) is 0 Å². The summed E-state index contributed by atoms with van der Waals surface area (Å²) >= 11 is 0. The van der Waals surface area contributed by atoms with E-state index < -0.39 is 29.0 Å². The van der Waals surface area contributed by atoms with E-state index in [2.05, 4.69) is 15.5 Å². The molecule has 0 bridgehead atoms. The smallest absolute Gasteiger partial charge is 0.238 e. The highest BCUT2D eigenvalue weighted by Crippen LogP contribution is 2.20. The highest BCUT2D eigenvalue weighted by Gasteiger charge is 2.18. The second-order valence-corrected chi connectivity index (χ2v) is 7.68. The van der Waals surface area contributed by atoms with Crippen LogP contribution in [0.4, 0.5) is 30.2 Å².